The molecule has 0 aliphatic rings. The van der Waals surface area contributed by atoms with Gasteiger partial charge in [0.15, 0.2) is 5.16 Å². The molecule has 0 bridgehead atoms. The van der Waals surface area contributed by atoms with E-state index in [1.54, 1.807) is 12.4 Å². The Balaban J connectivity index is 2.39. The third kappa shape index (κ3) is 3.72. The summed E-state index contributed by atoms with van der Waals surface area (Å²) in [5.74, 6) is -0.435. The van der Waals surface area contributed by atoms with Gasteiger partial charge in [0.2, 0.25) is 0 Å². The van der Waals surface area contributed by atoms with Gasteiger partial charge in [0.1, 0.15) is 5.84 Å². The largest absolute Gasteiger partial charge is 0.416 e. The summed E-state index contributed by atoms with van der Waals surface area (Å²) >= 11 is 1.06. The Kier molecular flexibility index (Phi) is 4.17. The molecule has 2 rings (SSSR count). The predicted molar refractivity (Wildman–Crippen MR) is 73.4 cm³/mol. The van der Waals surface area contributed by atoms with Gasteiger partial charge >= 0.3 is 6.18 Å². The van der Waals surface area contributed by atoms with Gasteiger partial charge < -0.3 is 5.73 Å². The quantitative estimate of drug-likeness (QED) is 0.518. The number of aryl methyl sites for hydroxylation is 1. The number of amidine groups is 1. The van der Waals surface area contributed by atoms with Crippen molar-refractivity contribution in [3.8, 4) is 0 Å². The SMILES string of the molecule is Cc1cnc(Sc2ccc(C(F)(F)F)cc2C(=N)N)nc1. The van der Waals surface area contributed by atoms with Gasteiger partial charge in [-0.1, -0.05) is 0 Å². The van der Waals surface area contributed by atoms with Crippen LogP contribution in [0, 0.1) is 12.3 Å². The van der Waals surface area contributed by atoms with Crippen LogP contribution in [0.5, 0.6) is 0 Å². The molecule has 1 aromatic carbocycles. The maximum atomic E-state index is 12.7. The summed E-state index contributed by atoms with van der Waals surface area (Å²) in [6.07, 6.45) is -1.27. The third-order valence-corrected chi connectivity index (χ3v) is 3.52. The van der Waals surface area contributed by atoms with Crippen molar-refractivity contribution in [2.75, 3.05) is 0 Å². The van der Waals surface area contributed by atoms with Crippen LogP contribution in [0.2, 0.25) is 0 Å². The monoisotopic (exact) mass is 312 g/mol. The summed E-state index contributed by atoms with van der Waals surface area (Å²) in [4.78, 5) is 8.53. The molecule has 0 spiro atoms. The topological polar surface area (TPSA) is 75.7 Å². The fraction of sp³-hybridized carbons (Fsp3) is 0.154. The summed E-state index contributed by atoms with van der Waals surface area (Å²) in [5, 5.41) is 7.81. The molecule has 2 aromatic rings. The van der Waals surface area contributed by atoms with E-state index in [0.717, 1.165) is 29.5 Å². The highest BCUT2D eigenvalue weighted by atomic mass is 32.2. The Hall–Kier alpha value is -2.09. The molecule has 3 N–H and O–H groups in total. The van der Waals surface area contributed by atoms with Gasteiger partial charge in [-0.15, -0.1) is 0 Å². The highest BCUT2D eigenvalue weighted by Gasteiger charge is 2.31. The number of hydrogen-bond acceptors (Lipinski definition) is 4. The molecule has 1 heterocycles. The van der Waals surface area contributed by atoms with E-state index in [1.165, 1.54) is 6.07 Å². The lowest BCUT2D eigenvalue weighted by Crippen LogP contribution is -2.15. The number of hydrogen-bond donors (Lipinski definition) is 2. The summed E-state index contributed by atoms with van der Waals surface area (Å²) in [7, 11) is 0. The van der Waals surface area contributed by atoms with Gasteiger partial charge in [-0.2, -0.15) is 13.2 Å². The third-order valence-electron chi connectivity index (χ3n) is 2.56. The number of nitrogens with one attached hydrogen (secondary N) is 1. The molecule has 8 heteroatoms. The minimum atomic E-state index is -4.48. The number of alkyl halides is 3. The van der Waals surface area contributed by atoms with Gasteiger partial charge in [-0.25, -0.2) is 9.97 Å². The zero-order chi connectivity index (χ0) is 15.6. The van der Waals surface area contributed by atoms with Crippen LogP contribution in [-0.2, 0) is 6.18 Å². The maximum absolute atomic E-state index is 12.7. The molecule has 0 unspecified atom stereocenters. The summed E-state index contributed by atoms with van der Waals surface area (Å²) in [5.41, 5.74) is 5.41. The molecule has 0 fully saturated rings. The van der Waals surface area contributed by atoms with Gasteiger partial charge in [-0.05, 0) is 42.4 Å². The minimum Gasteiger partial charge on any atom is -0.384 e. The molecule has 110 valence electrons. The highest BCUT2D eigenvalue weighted by Crippen LogP contribution is 2.34. The Labute approximate surface area is 123 Å². The van der Waals surface area contributed by atoms with Crippen molar-refractivity contribution in [1.29, 1.82) is 5.41 Å². The van der Waals surface area contributed by atoms with Crippen molar-refractivity contribution >= 4 is 17.6 Å². The molecular formula is C13H11F3N4S. The maximum Gasteiger partial charge on any atom is 0.416 e. The fourth-order valence-electron chi connectivity index (χ4n) is 1.54. The first-order valence-electron chi connectivity index (χ1n) is 5.79. The summed E-state index contributed by atoms with van der Waals surface area (Å²) < 4.78 is 38.1. The van der Waals surface area contributed by atoms with E-state index < -0.39 is 17.6 Å². The van der Waals surface area contributed by atoms with E-state index in [1.807, 2.05) is 6.92 Å². The van der Waals surface area contributed by atoms with Crippen LogP contribution in [0.15, 0.2) is 40.6 Å². The van der Waals surface area contributed by atoms with E-state index >= 15 is 0 Å². The van der Waals surface area contributed by atoms with Crippen molar-refractivity contribution in [2.45, 2.75) is 23.2 Å². The first-order chi connectivity index (χ1) is 9.77. The van der Waals surface area contributed by atoms with Crippen LogP contribution in [0.3, 0.4) is 0 Å². The van der Waals surface area contributed by atoms with Gasteiger partial charge in [0, 0.05) is 22.9 Å². The number of halogens is 3. The zero-order valence-corrected chi connectivity index (χ0v) is 11.7. The molecule has 0 saturated heterocycles. The van der Waals surface area contributed by atoms with Crippen molar-refractivity contribution in [3.63, 3.8) is 0 Å². The van der Waals surface area contributed by atoms with Crippen molar-refractivity contribution < 1.29 is 13.2 Å². The number of rotatable bonds is 3. The number of nitrogen functional groups attached to an aromatic ring is 1. The predicted octanol–water partition coefficient (Wildman–Crippen LogP) is 3.24. The summed E-state index contributed by atoms with van der Waals surface area (Å²) in [6.45, 7) is 1.83. The molecule has 0 amide bonds. The highest BCUT2D eigenvalue weighted by molar-refractivity contribution is 7.99. The number of nitrogens with two attached hydrogens (primary N) is 1. The van der Waals surface area contributed by atoms with Crippen LogP contribution in [0.4, 0.5) is 13.2 Å². The second-order valence-corrected chi connectivity index (χ2v) is 5.28. The Morgan fingerprint density at radius 3 is 2.38 bits per heavy atom. The molecule has 21 heavy (non-hydrogen) atoms. The normalized spacial score (nSPS) is 11.4. The molecule has 0 atom stereocenters. The first-order valence-corrected chi connectivity index (χ1v) is 6.61. The van der Waals surface area contributed by atoms with Gasteiger partial charge in [0.05, 0.1) is 5.56 Å². The molecular weight excluding hydrogens is 301 g/mol. The lowest BCUT2D eigenvalue weighted by atomic mass is 10.1. The van der Waals surface area contributed by atoms with Crippen molar-refractivity contribution in [3.05, 3.63) is 47.3 Å². The van der Waals surface area contributed by atoms with Crippen LogP contribution >= 0.6 is 11.8 Å². The van der Waals surface area contributed by atoms with Crippen LogP contribution in [-0.4, -0.2) is 15.8 Å². The fourth-order valence-corrected chi connectivity index (χ4v) is 2.36. The Bertz CT molecular complexity index is 668. The van der Waals surface area contributed by atoms with E-state index in [0.29, 0.717) is 10.1 Å². The average molecular weight is 312 g/mol. The van der Waals surface area contributed by atoms with Gasteiger partial charge in [-0.3, -0.25) is 5.41 Å². The minimum absolute atomic E-state index is 0.0130. The second-order valence-electron chi connectivity index (χ2n) is 4.27. The Morgan fingerprint density at radius 2 is 1.86 bits per heavy atom. The number of nitrogens with zero attached hydrogens (tertiary/aromatic N) is 2. The smallest absolute Gasteiger partial charge is 0.384 e. The van der Waals surface area contributed by atoms with Crippen molar-refractivity contribution in [2.24, 2.45) is 5.73 Å². The second kappa shape index (κ2) is 5.72. The van der Waals surface area contributed by atoms with Gasteiger partial charge in [0.25, 0.3) is 0 Å². The molecule has 4 nitrogen and oxygen atoms in total. The lowest BCUT2D eigenvalue weighted by Gasteiger charge is -2.11. The van der Waals surface area contributed by atoms with Crippen LogP contribution in [0.25, 0.3) is 0 Å². The van der Waals surface area contributed by atoms with E-state index in [-0.39, 0.29) is 5.56 Å². The lowest BCUT2D eigenvalue weighted by molar-refractivity contribution is -0.137. The van der Waals surface area contributed by atoms with Crippen molar-refractivity contribution in [1.82, 2.24) is 9.97 Å². The number of benzene rings is 1. The van der Waals surface area contributed by atoms with E-state index in [4.69, 9.17) is 11.1 Å². The zero-order valence-electron chi connectivity index (χ0n) is 10.9. The average Bonchev–Trinajstić information content (AvgIpc) is 2.40. The molecule has 0 aliphatic carbocycles. The molecule has 1 aromatic heterocycles. The first kappa shape index (κ1) is 15.3. The molecule has 0 saturated carbocycles. The Morgan fingerprint density at radius 1 is 1.24 bits per heavy atom. The van der Waals surface area contributed by atoms with Crippen LogP contribution < -0.4 is 5.73 Å². The van der Waals surface area contributed by atoms with Crippen LogP contribution in [0.1, 0.15) is 16.7 Å². The molecule has 0 radical (unpaired) electrons. The van der Waals surface area contributed by atoms with E-state index in [9.17, 15) is 13.2 Å². The molecule has 0 aliphatic heterocycles. The number of aromatic nitrogens is 2. The standard InChI is InChI=1S/C13H11F3N4S/c1-7-5-19-12(20-6-7)21-10-3-2-8(13(14,15)16)4-9(10)11(17)18/h2-6H,1H3,(H3,17,18). The van der Waals surface area contributed by atoms with E-state index in [2.05, 4.69) is 9.97 Å². The summed E-state index contributed by atoms with van der Waals surface area (Å²) in [6, 6.07) is 3.08.